The monoisotopic (exact) mass is 325 g/mol. The fourth-order valence-corrected chi connectivity index (χ4v) is 1.90. The van der Waals surface area contributed by atoms with Crippen LogP contribution in [-0.4, -0.2) is 10.9 Å². The summed E-state index contributed by atoms with van der Waals surface area (Å²) in [6.45, 7) is 0.0480. The third-order valence-electron chi connectivity index (χ3n) is 2.66. The number of carbonyl (C=O) groups is 1. The zero-order valence-corrected chi connectivity index (χ0v) is 12.1. The van der Waals surface area contributed by atoms with E-state index in [4.69, 9.17) is 27.9 Å². The van der Waals surface area contributed by atoms with Crippen LogP contribution < -0.4 is 0 Å². The van der Waals surface area contributed by atoms with E-state index >= 15 is 0 Å². The minimum absolute atomic E-state index is 0.0331. The number of nitrogens with zero attached hydrogens (tertiary/aromatic N) is 1. The summed E-state index contributed by atoms with van der Waals surface area (Å²) < 4.78 is 5.08. The van der Waals surface area contributed by atoms with Crippen molar-refractivity contribution in [1.29, 1.82) is 0 Å². The van der Waals surface area contributed by atoms with Gasteiger partial charge in [0.15, 0.2) is 0 Å². The second-order valence-electron chi connectivity index (χ2n) is 4.13. The van der Waals surface area contributed by atoms with Crippen molar-refractivity contribution in [2.24, 2.45) is 0 Å². The van der Waals surface area contributed by atoms with Gasteiger partial charge in [0.05, 0.1) is 10.5 Å². The van der Waals surface area contributed by atoms with Crippen LogP contribution in [0.3, 0.4) is 0 Å². The van der Waals surface area contributed by atoms with Crippen molar-refractivity contribution in [1.82, 2.24) is 0 Å². The van der Waals surface area contributed by atoms with E-state index in [9.17, 15) is 14.9 Å². The molecule has 0 amide bonds. The number of ether oxygens (including phenoxy) is 1. The van der Waals surface area contributed by atoms with Gasteiger partial charge in [0.2, 0.25) is 0 Å². The van der Waals surface area contributed by atoms with E-state index in [1.54, 1.807) is 24.3 Å². The first-order valence-electron chi connectivity index (χ1n) is 5.83. The minimum atomic E-state index is -0.662. The summed E-state index contributed by atoms with van der Waals surface area (Å²) in [5, 5.41) is 11.3. The number of benzene rings is 2. The molecule has 2 aromatic carbocycles. The first-order chi connectivity index (χ1) is 9.97. The van der Waals surface area contributed by atoms with Crippen LogP contribution in [0.1, 0.15) is 15.9 Å². The highest BCUT2D eigenvalue weighted by Crippen LogP contribution is 2.25. The van der Waals surface area contributed by atoms with Gasteiger partial charge < -0.3 is 4.74 Å². The molecular formula is C14H9Cl2NO4. The van der Waals surface area contributed by atoms with E-state index < -0.39 is 10.9 Å². The summed E-state index contributed by atoms with van der Waals surface area (Å²) in [6.07, 6.45) is 0. The van der Waals surface area contributed by atoms with Gasteiger partial charge in [-0.15, -0.1) is 0 Å². The van der Waals surface area contributed by atoms with E-state index in [1.165, 1.54) is 12.1 Å². The summed E-state index contributed by atoms with van der Waals surface area (Å²) >= 11 is 11.4. The third kappa shape index (κ3) is 3.93. The lowest BCUT2D eigenvalue weighted by Crippen LogP contribution is -2.06. The molecule has 0 saturated heterocycles. The number of nitro benzene ring substituents is 1. The van der Waals surface area contributed by atoms with E-state index in [0.29, 0.717) is 5.02 Å². The number of esters is 1. The largest absolute Gasteiger partial charge is 0.457 e. The number of hydrogen-bond donors (Lipinski definition) is 0. The lowest BCUT2D eigenvalue weighted by Gasteiger charge is -2.05. The summed E-state index contributed by atoms with van der Waals surface area (Å²) in [5.41, 5.74) is 0.494. The lowest BCUT2D eigenvalue weighted by molar-refractivity contribution is -0.384. The maximum atomic E-state index is 11.9. The van der Waals surface area contributed by atoms with Crippen molar-refractivity contribution in [2.75, 3.05) is 0 Å². The van der Waals surface area contributed by atoms with Crippen LogP contribution in [0, 0.1) is 10.1 Å². The Labute approximate surface area is 130 Å². The number of hydrogen-bond acceptors (Lipinski definition) is 4. The molecule has 0 atom stereocenters. The Balaban J connectivity index is 2.08. The highest BCUT2D eigenvalue weighted by atomic mass is 35.5. The zero-order valence-electron chi connectivity index (χ0n) is 10.6. The maximum absolute atomic E-state index is 11.9. The molecule has 0 heterocycles. The summed E-state index contributed by atoms with van der Waals surface area (Å²) in [7, 11) is 0. The van der Waals surface area contributed by atoms with Crippen LogP contribution in [0.15, 0.2) is 42.5 Å². The average Bonchev–Trinajstić information content (AvgIpc) is 2.46. The normalized spacial score (nSPS) is 10.2. The van der Waals surface area contributed by atoms with Crippen LogP contribution in [-0.2, 0) is 11.3 Å². The van der Waals surface area contributed by atoms with Gasteiger partial charge in [-0.05, 0) is 29.8 Å². The molecule has 21 heavy (non-hydrogen) atoms. The predicted octanol–water partition coefficient (Wildman–Crippen LogP) is 4.26. The smallest absolute Gasteiger partial charge is 0.338 e. The second-order valence-corrected chi connectivity index (χ2v) is 4.97. The Bertz CT molecular complexity index is 686. The first kappa shape index (κ1) is 15.3. The van der Waals surface area contributed by atoms with Gasteiger partial charge in [0, 0.05) is 11.1 Å². The Hall–Kier alpha value is -2.11. The molecule has 0 aliphatic rings. The second kappa shape index (κ2) is 6.56. The van der Waals surface area contributed by atoms with Crippen LogP contribution in [0.4, 0.5) is 5.69 Å². The summed E-state index contributed by atoms with van der Waals surface area (Å²) in [5.74, 6) is -0.662. The molecule has 7 heteroatoms. The molecule has 0 fully saturated rings. The number of nitro groups is 1. The Morgan fingerprint density at radius 3 is 2.43 bits per heavy atom. The first-order valence-corrected chi connectivity index (χ1v) is 6.58. The quantitative estimate of drug-likeness (QED) is 0.478. The number of halogens is 2. The Morgan fingerprint density at radius 2 is 1.81 bits per heavy atom. The van der Waals surface area contributed by atoms with Crippen molar-refractivity contribution in [3.8, 4) is 0 Å². The SMILES string of the molecule is O=C(OCc1ccc(Cl)cc1)c1ccc(Cl)c([N+](=O)[O-])c1. The van der Waals surface area contributed by atoms with E-state index in [1.807, 2.05) is 0 Å². The molecule has 0 N–H and O–H groups in total. The van der Waals surface area contributed by atoms with E-state index in [2.05, 4.69) is 0 Å². The minimum Gasteiger partial charge on any atom is -0.457 e. The zero-order chi connectivity index (χ0) is 15.4. The summed E-state index contributed by atoms with van der Waals surface area (Å²) in [4.78, 5) is 22.0. The van der Waals surface area contributed by atoms with Gasteiger partial charge in [0.1, 0.15) is 11.6 Å². The molecule has 108 valence electrons. The number of carbonyl (C=O) groups excluding carboxylic acids is 1. The molecular weight excluding hydrogens is 317 g/mol. The highest BCUT2D eigenvalue weighted by molar-refractivity contribution is 6.32. The average molecular weight is 326 g/mol. The molecule has 0 spiro atoms. The third-order valence-corrected chi connectivity index (χ3v) is 3.23. The van der Waals surface area contributed by atoms with Crippen LogP contribution in [0.5, 0.6) is 0 Å². The standard InChI is InChI=1S/C14H9Cl2NO4/c15-11-4-1-9(2-5-11)8-21-14(18)10-3-6-12(16)13(7-10)17(19)20/h1-7H,8H2. The molecule has 2 aromatic rings. The molecule has 0 aliphatic heterocycles. The molecule has 0 saturated carbocycles. The molecule has 0 unspecified atom stereocenters. The molecule has 0 aliphatic carbocycles. The van der Waals surface area contributed by atoms with Crippen LogP contribution in [0.2, 0.25) is 10.0 Å². The Kier molecular flexibility index (Phi) is 4.77. The van der Waals surface area contributed by atoms with Crippen LogP contribution >= 0.6 is 23.2 Å². The van der Waals surface area contributed by atoms with E-state index in [-0.39, 0.29) is 22.9 Å². The van der Waals surface area contributed by atoms with Crippen molar-refractivity contribution in [3.05, 3.63) is 73.8 Å². The molecule has 0 aromatic heterocycles. The van der Waals surface area contributed by atoms with Crippen molar-refractivity contribution in [3.63, 3.8) is 0 Å². The topological polar surface area (TPSA) is 69.4 Å². The molecule has 5 nitrogen and oxygen atoms in total. The van der Waals surface area contributed by atoms with Gasteiger partial charge in [0.25, 0.3) is 5.69 Å². The van der Waals surface area contributed by atoms with Gasteiger partial charge in [-0.3, -0.25) is 10.1 Å². The highest BCUT2D eigenvalue weighted by Gasteiger charge is 2.17. The van der Waals surface area contributed by atoms with Crippen molar-refractivity contribution >= 4 is 34.9 Å². The lowest BCUT2D eigenvalue weighted by atomic mass is 10.2. The summed E-state index contributed by atoms with van der Waals surface area (Å²) in [6, 6.07) is 10.6. The van der Waals surface area contributed by atoms with Gasteiger partial charge in [-0.2, -0.15) is 0 Å². The van der Waals surface area contributed by atoms with Crippen LogP contribution in [0.25, 0.3) is 0 Å². The fraction of sp³-hybridized carbons (Fsp3) is 0.0714. The van der Waals surface area contributed by atoms with Gasteiger partial charge >= 0.3 is 5.97 Å². The fourth-order valence-electron chi connectivity index (χ4n) is 1.59. The molecule has 0 bridgehead atoms. The predicted molar refractivity (Wildman–Crippen MR) is 78.7 cm³/mol. The van der Waals surface area contributed by atoms with Gasteiger partial charge in [-0.1, -0.05) is 35.3 Å². The maximum Gasteiger partial charge on any atom is 0.338 e. The van der Waals surface area contributed by atoms with Gasteiger partial charge in [-0.25, -0.2) is 4.79 Å². The van der Waals surface area contributed by atoms with E-state index in [0.717, 1.165) is 11.6 Å². The number of rotatable bonds is 4. The molecule has 0 radical (unpaired) electrons. The van der Waals surface area contributed by atoms with Crippen molar-refractivity contribution < 1.29 is 14.5 Å². The van der Waals surface area contributed by atoms with Crippen molar-refractivity contribution in [2.45, 2.75) is 6.61 Å². The molecule has 2 rings (SSSR count). The Morgan fingerprint density at radius 1 is 1.14 bits per heavy atom.